The Labute approximate surface area is 168 Å². The summed E-state index contributed by atoms with van der Waals surface area (Å²) in [5.74, 6) is -0.356. The minimum atomic E-state index is -4.54. The van der Waals surface area contributed by atoms with Gasteiger partial charge >= 0.3 is 6.18 Å². The quantitative estimate of drug-likeness (QED) is 0.761. The monoisotopic (exact) mass is 407 g/mol. The lowest BCUT2D eigenvalue weighted by Crippen LogP contribution is -2.44. The number of ether oxygens (including phenoxy) is 1. The van der Waals surface area contributed by atoms with Gasteiger partial charge in [-0.1, -0.05) is 30.3 Å². The van der Waals surface area contributed by atoms with Crippen LogP contribution in [0.2, 0.25) is 0 Å². The number of morpholine rings is 1. The molecule has 2 aromatic rings. The Morgan fingerprint density at radius 2 is 1.83 bits per heavy atom. The van der Waals surface area contributed by atoms with Crippen LogP contribution in [0.5, 0.6) is 0 Å². The third kappa shape index (κ3) is 5.13. The van der Waals surface area contributed by atoms with Crippen molar-refractivity contribution in [3.63, 3.8) is 0 Å². The van der Waals surface area contributed by atoms with E-state index in [0.29, 0.717) is 19.8 Å². The molecule has 29 heavy (non-hydrogen) atoms. The summed E-state index contributed by atoms with van der Waals surface area (Å²) >= 11 is 0. The van der Waals surface area contributed by atoms with Crippen LogP contribution in [0.25, 0.3) is 0 Å². The van der Waals surface area contributed by atoms with Gasteiger partial charge in [-0.25, -0.2) is 4.98 Å². The van der Waals surface area contributed by atoms with E-state index in [1.807, 2.05) is 30.3 Å². The Kier molecular flexibility index (Phi) is 6.54. The Hall–Kier alpha value is -2.45. The zero-order chi connectivity index (χ0) is 21.0. The fourth-order valence-electron chi connectivity index (χ4n) is 3.43. The molecule has 1 atom stereocenters. The number of likely N-dealkylation sites (N-methyl/N-ethyl adjacent to an activating group) is 1. The van der Waals surface area contributed by atoms with Crippen molar-refractivity contribution in [2.24, 2.45) is 0 Å². The fraction of sp³-hybridized carbons (Fsp3) is 0.429. The third-order valence-corrected chi connectivity index (χ3v) is 5.11. The normalized spacial score (nSPS) is 16.4. The highest BCUT2D eigenvalue weighted by atomic mass is 19.4. The molecule has 1 amide bonds. The van der Waals surface area contributed by atoms with Crippen molar-refractivity contribution in [2.45, 2.75) is 19.1 Å². The maximum absolute atomic E-state index is 13.1. The first-order valence-corrected chi connectivity index (χ1v) is 9.44. The molecule has 8 heteroatoms. The largest absolute Gasteiger partial charge is 0.433 e. The van der Waals surface area contributed by atoms with Gasteiger partial charge in [-0.3, -0.25) is 9.69 Å². The van der Waals surface area contributed by atoms with E-state index in [0.717, 1.165) is 24.7 Å². The summed E-state index contributed by atoms with van der Waals surface area (Å²) in [6, 6.07) is 11.4. The first kappa shape index (κ1) is 21.3. The molecular weight excluding hydrogens is 383 g/mol. The third-order valence-electron chi connectivity index (χ3n) is 5.11. The molecule has 0 aliphatic carbocycles. The molecule has 1 aromatic heterocycles. The molecule has 156 valence electrons. The average Bonchev–Trinajstić information content (AvgIpc) is 2.71. The highest BCUT2D eigenvalue weighted by Gasteiger charge is 2.34. The molecule has 0 bridgehead atoms. The van der Waals surface area contributed by atoms with Gasteiger partial charge < -0.3 is 9.64 Å². The summed E-state index contributed by atoms with van der Waals surface area (Å²) in [6.07, 6.45) is -4.54. The van der Waals surface area contributed by atoms with E-state index in [4.69, 9.17) is 4.74 Å². The summed E-state index contributed by atoms with van der Waals surface area (Å²) in [5.41, 5.74) is 0.202. The summed E-state index contributed by atoms with van der Waals surface area (Å²) in [7, 11) is 1.68. The average molecular weight is 407 g/mol. The highest BCUT2D eigenvalue weighted by molar-refractivity contribution is 5.95. The number of halogens is 3. The van der Waals surface area contributed by atoms with Gasteiger partial charge in [-0.05, 0) is 24.6 Å². The van der Waals surface area contributed by atoms with Crippen molar-refractivity contribution in [2.75, 3.05) is 39.9 Å². The molecule has 0 saturated carbocycles. The van der Waals surface area contributed by atoms with E-state index >= 15 is 0 Å². The number of amides is 1. The molecule has 1 fully saturated rings. The maximum Gasteiger partial charge on any atom is 0.433 e. The van der Waals surface area contributed by atoms with Crippen LogP contribution in [-0.2, 0) is 10.9 Å². The second-order valence-corrected chi connectivity index (χ2v) is 7.08. The summed E-state index contributed by atoms with van der Waals surface area (Å²) in [4.78, 5) is 20.6. The van der Waals surface area contributed by atoms with Gasteiger partial charge in [-0.15, -0.1) is 0 Å². The zero-order valence-electron chi connectivity index (χ0n) is 16.4. The number of carbonyl (C=O) groups excluding carboxylic acids is 1. The molecule has 1 aromatic carbocycles. The number of pyridine rings is 1. The predicted octanol–water partition coefficient (Wildman–Crippen LogP) is 3.55. The second kappa shape index (κ2) is 8.92. The molecular formula is C21H24F3N3O2. The minimum absolute atomic E-state index is 0.0647. The van der Waals surface area contributed by atoms with Gasteiger partial charge in [0, 0.05) is 26.7 Å². The second-order valence-electron chi connectivity index (χ2n) is 7.08. The van der Waals surface area contributed by atoms with Crippen LogP contribution in [0.15, 0.2) is 42.5 Å². The van der Waals surface area contributed by atoms with E-state index in [1.165, 1.54) is 13.0 Å². The number of alkyl halides is 3. The van der Waals surface area contributed by atoms with Crippen molar-refractivity contribution in [1.29, 1.82) is 0 Å². The van der Waals surface area contributed by atoms with Gasteiger partial charge in [0.25, 0.3) is 5.91 Å². The molecule has 3 rings (SSSR count). The topological polar surface area (TPSA) is 45.7 Å². The van der Waals surface area contributed by atoms with E-state index in [-0.39, 0.29) is 23.2 Å². The van der Waals surface area contributed by atoms with Gasteiger partial charge in [-0.2, -0.15) is 13.2 Å². The van der Waals surface area contributed by atoms with E-state index in [1.54, 1.807) is 11.9 Å². The van der Waals surface area contributed by atoms with Crippen LogP contribution in [0.1, 0.15) is 33.4 Å². The lowest BCUT2D eigenvalue weighted by atomic mass is 10.0. The SMILES string of the molecule is Cc1nc(C(F)(F)F)ccc1C(=O)N(C)[C@H](CN1CCOCC1)c1ccccc1. The van der Waals surface area contributed by atoms with Crippen LogP contribution in [0, 0.1) is 6.92 Å². The minimum Gasteiger partial charge on any atom is -0.379 e. The van der Waals surface area contributed by atoms with E-state index < -0.39 is 11.9 Å². The molecule has 5 nitrogen and oxygen atoms in total. The Balaban J connectivity index is 1.86. The first-order valence-electron chi connectivity index (χ1n) is 9.44. The van der Waals surface area contributed by atoms with Crippen LogP contribution >= 0.6 is 0 Å². The highest BCUT2D eigenvalue weighted by Crippen LogP contribution is 2.29. The van der Waals surface area contributed by atoms with Crippen molar-refractivity contribution < 1.29 is 22.7 Å². The first-order chi connectivity index (χ1) is 13.8. The number of aryl methyl sites for hydroxylation is 1. The fourth-order valence-corrected chi connectivity index (χ4v) is 3.43. The lowest BCUT2D eigenvalue weighted by molar-refractivity contribution is -0.141. The number of nitrogens with zero attached hydrogens (tertiary/aromatic N) is 3. The molecule has 0 N–H and O–H groups in total. The molecule has 2 heterocycles. The predicted molar refractivity (Wildman–Crippen MR) is 103 cm³/mol. The Morgan fingerprint density at radius 1 is 1.17 bits per heavy atom. The van der Waals surface area contributed by atoms with Crippen LogP contribution in [0.3, 0.4) is 0 Å². The number of hydrogen-bond acceptors (Lipinski definition) is 4. The lowest BCUT2D eigenvalue weighted by Gasteiger charge is -2.35. The summed E-state index contributed by atoms with van der Waals surface area (Å²) in [6.45, 7) is 4.86. The Bertz CT molecular complexity index is 837. The van der Waals surface area contributed by atoms with Crippen LogP contribution in [0.4, 0.5) is 13.2 Å². The van der Waals surface area contributed by atoms with Crippen LogP contribution < -0.4 is 0 Å². The van der Waals surface area contributed by atoms with Gasteiger partial charge in [0.05, 0.1) is 30.5 Å². The number of benzene rings is 1. The molecule has 1 saturated heterocycles. The van der Waals surface area contributed by atoms with Crippen molar-refractivity contribution in [3.8, 4) is 0 Å². The number of rotatable bonds is 5. The number of hydrogen-bond donors (Lipinski definition) is 0. The molecule has 1 aliphatic heterocycles. The van der Waals surface area contributed by atoms with Crippen molar-refractivity contribution >= 4 is 5.91 Å². The maximum atomic E-state index is 13.1. The summed E-state index contributed by atoms with van der Waals surface area (Å²) < 4.78 is 44.1. The summed E-state index contributed by atoms with van der Waals surface area (Å²) in [5, 5.41) is 0. The zero-order valence-corrected chi connectivity index (χ0v) is 16.4. The van der Waals surface area contributed by atoms with E-state index in [2.05, 4.69) is 9.88 Å². The van der Waals surface area contributed by atoms with Gasteiger partial charge in [0.1, 0.15) is 5.69 Å². The van der Waals surface area contributed by atoms with Gasteiger partial charge in [0.2, 0.25) is 0 Å². The smallest absolute Gasteiger partial charge is 0.379 e. The Morgan fingerprint density at radius 3 is 2.41 bits per heavy atom. The van der Waals surface area contributed by atoms with Crippen LogP contribution in [-0.4, -0.2) is 60.6 Å². The molecule has 0 unspecified atom stereocenters. The van der Waals surface area contributed by atoms with Gasteiger partial charge in [0.15, 0.2) is 0 Å². The van der Waals surface area contributed by atoms with E-state index in [9.17, 15) is 18.0 Å². The number of carbonyl (C=O) groups is 1. The molecule has 0 spiro atoms. The van der Waals surface area contributed by atoms with Crippen molar-refractivity contribution in [1.82, 2.24) is 14.8 Å². The van der Waals surface area contributed by atoms with Crippen molar-refractivity contribution in [3.05, 3.63) is 65.0 Å². The molecule has 1 aliphatic rings. The molecule has 0 radical (unpaired) electrons. The standard InChI is InChI=1S/C21H24F3N3O2/c1-15-17(8-9-19(25-15)21(22,23)24)20(28)26(2)18(16-6-4-3-5-7-16)14-27-10-12-29-13-11-27/h3-9,18H,10-14H2,1-2H3/t18-/m1/s1. The number of aromatic nitrogens is 1.